The van der Waals surface area contributed by atoms with Gasteiger partial charge in [-0.05, 0) is 48.0 Å². The average Bonchev–Trinajstić information content (AvgIpc) is 3.35. The molecule has 0 bridgehead atoms. The summed E-state index contributed by atoms with van der Waals surface area (Å²) in [5.74, 6) is 0.774. The summed E-state index contributed by atoms with van der Waals surface area (Å²) in [5.41, 5.74) is 1.21. The summed E-state index contributed by atoms with van der Waals surface area (Å²) in [7, 11) is 0. The first-order chi connectivity index (χ1) is 15.0. The zero-order valence-electron chi connectivity index (χ0n) is 15.7. The number of ether oxygens (including phenoxy) is 4. The van der Waals surface area contributed by atoms with Gasteiger partial charge in [-0.2, -0.15) is 0 Å². The van der Waals surface area contributed by atoms with Gasteiger partial charge in [-0.15, -0.1) is 0 Å². The first-order valence-electron chi connectivity index (χ1n) is 9.14. The summed E-state index contributed by atoms with van der Waals surface area (Å²) in [6.45, 7) is 0.111. The Morgan fingerprint density at radius 2 is 1.81 bits per heavy atom. The van der Waals surface area contributed by atoms with Crippen LogP contribution in [0.25, 0.3) is 6.08 Å². The Morgan fingerprint density at radius 3 is 2.68 bits per heavy atom. The molecule has 8 heteroatoms. The van der Waals surface area contributed by atoms with Crippen LogP contribution in [0.15, 0.2) is 60.4 Å². The minimum absolute atomic E-state index is 0.0958. The van der Waals surface area contributed by atoms with Crippen molar-refractivity contribution in [2.24, 2.45) is 0 Å². The number of benzene rings is 3. The summed E-state index contributed by atoms with van der Waals surface area (Å²) in [4.78, 5) is 25.1. The molecule has 0 aromatic heterocycles. The highest BCUT2D eigenvalue weighted by Gasteiger charge is 2.28. The van der Waals surface area contributed by atoms with E-state index >= 15 is 0 Å². The summed E-state index contributed by atoms with van der Waals surface area (Å²) >= 11 is 12.2. The number of carbonyl (C=O) groups excluding carboxylic acids is 2. The Kier molecular flexibility index (Phi) is 4.81. The lowest BCUT2D eigenvalue weighted by molar-refractivity contribution is 0.0734. The van der Waals surface area contributed by atoms with Crippen molar-refractivity contribution in [3.63, 3.8) is 0 Å². The van der Waals surface area contributed by atoms with Gasteiger partial charge in [0.15, 0.2) is 17.3 Å². The van der Waals surface area contributed by atoms with Crippen LogP contribution < -0.4 is 18.9 Å². The molecule has 0 unspecified atom stereocenters. The van der Waals surface area contributed by atoms with Crippen molar-refractivity contribution in [2.45, 2.75) is 0 Å². The average molecular weight is 455 g/mol. The van der Waals surface area contributed by atoms with Crippen molar-refractivity contribution in [1.82, 2.24) is 0 Å². The molecule has 0 spiro atoms. The van der Waals surface area contributed by atoms with E-state index in [0.29, 0.717) is 38.2 Å². The van der Waals surface area contributed by atoms with Crippen LogP contribution >= 0.6 is 23.2 Å². The Labute approximate surface area is 186 Å². The second-order valence-electron chi connectivity index (χ2n) is 6.70. The number of carbonyl (C=O) groups is 2. The summed E-state index contributed by atoms with van der Waals surface area (Å²) < 4.78 is 21.6. The Balaban J connectivity index is 1.37. The van der Waals surface area contributed by atoms with E-state index in [4.69, 9.17) is 42.1 Å². The third-order valence-corrected chi connectivity index (χ3v) is 5.56. The van der Waals surface area contributed by atoms with Crippen molar-refractivity contribution in [2.75, 3.05) is 6.79 Å². The van der Waals surface area contributed by atoms with E-state index in [0.717, 1.165) is 0 Å². The summed E-state index contributed by atoms with van der Waals surface area (Å²) in [5, 5.41) is 0.694. The minimum atomic E-state index is -0.580. The predicted molar refractivity (Wildman–Crippen MR) is 113 cm³/mol. The van der Waals surface area contributed by atoms with Crippen molar-refractivity contribution in [3.05, 3.63) is 87.1 Å². The van der Waals surface area contributed by atoms with Crippen molar-refractivity contribution in [1.29, 1.82) is 0 Å². The number of ketones is 1. The Hall–Kier alpha value is -3.48. The summed E-state index contributed by atoms with van der Waals surface area (Å²) in [6.07, 6.45) is 1.52. The SMILES string of the molecule is O=C(Oc1ccc2c(c1)OC(=Cc1cccc(Cl)c1Cl)C2=O)c1ccc2c(c1)OCO2. The van der Waals surface area contributed by atoms with E-state index in [1.165, 1.54) is 18.2 Å². The highest BCUT2D eigenvalue weighted by atomic mass is 35.5. The van der Waals surface area contributed by atoms with Gasteiger partial charge in [0.2, 0.25) is 12.6 Å². The number of halogens is 2. The number of hydrogen-bond donors (Lipinski definition) is 0. The zero-order valence-corrected chi connectivity index (χ0v) is 17.2. The van der Waals surface area contributed by atoms with Gasteiger partial charge < -0.3 is 18.9 Å². The molecule has 0 N–H and O–H groups in total. The fourth-order valence-electron chi connectivity index (χ4n) is 3.19. The van der Waals surface area contributed by atoms with Gasteiger partial charge in [0.1, 0.15) is 11.5 Å². The summed E-state index contributed by atoms with van der Waals surface area (Å²) in [6, 6.07) is 14.4. The normalized spacial score (nSPS) is 15.0. The maximum atomic E-state index is 12.7. The highest BCUT2D eigenvalue weighted by molar-refractivity contribution is 6.43. The first-order valence-corrected chi connectivity index (χ1v) is 9.89. The van der Waals surface area contributed by atoms with Crippen LogP contribution in [0.3, 0.4) is 0 Å². The van der Waals surface area contributed by atoms with Crippen molar-refractivity contribution in [3.8, 4) is 23.0 Å². The molecule has 0 atom stereocenters. The van der Waals surface area contributed by atoms with Crippen LogP contribution in [0.5, 0.6) is 23.0 Å². The number of fused-ring (bicyclic) bond motifs is 2. The molecule has 3 aromatic carbocycles. The van der Waals surface area contributed by atoms with E-state index in [-0.39, 0.29) is 29.8 Å². The topological polar surface area (TPSA) is 71.1 Å². The predicted octanol–water partition coefficient (Wildman–Crippen LogP) is 5.56. The van der Waals surface area contributed by atoms with Crippen molar-refractivity contribution < 1.29 is 28.5 Å². The molecule has 0 aliphatic carbocycles. The van der Waals surface area contributed by atoms with Crippen LogP contribution in [0.1, 0.15) is 26.3 Å². The van der Waals surface area contributed by atoms with Gasteiger partial charge in [-0.25, -0.2) is 4.79 Å². The van der Waals surface area contributed by atoms with E-state index in [2.05, 4.69) is 0 Å². The van der Waals surface area contributed by atoms with E-state index in [1.54, 1.807) is 42.5 Å². The Morgan fingerprint density at radius 1 is 0.968 bits per heavy atom. The van der Waals surface area contributed by atoms with Crippen LogP contribution in [-0.2, 0) is 0 Å². The second kappa shape index (κ2) is 7.65. The lowest BCUT2D eigenvalue weighted by atomic mass is 10.1. The van der Waals surface area contributed by atoms with Crippen molar-refractivity contribution >= 4 is 41.0 Å². The van der Waals surface area contributed by atoms with Gasteiger partial charge in [0.25, 0.3) is 0 Å². The minimum Gasteiger partial charge on any atom is -0.454 e. The molecule has 0 saturated carbocycles. The highest BCUT2D eigenvalue weighted by Crippen LogP contribution is 2.37. The molecule has 5 rings (SSSR count). The third-order valence-electron chi connectivity index (χ3n) is 4.73. The monoisotopic (exact) mass is 454 g/mol. The van der Waals surface area contributed by atoms with Crippen LogP contribution in [0.2, 0.25) is 10.0 Å². The number of Topliss-reactive ketones (excluding diaryl/α,β-unsaturated/α-hetero) is 1. The largest absolute Gasteiger partial charge is 0.454 e. The number of hydrogen-bond acceptors (Lipinski definition) is 6. The fraction of sp³-hybridized carbons (Fsp3) is 0.0435. The molecular formula is C23H12Cl2O6. The number of rotatable bonds is 3. The lowest BCUT2D eigenvalue weighted by Gasteiger charge is -2.06. The number of allylic oxidation sites excluding steroid dienone is 1. The zero-order chi connectivity index (χ0) is 21.5. The standard InChI is InChI=1S/C23H12Cl2O6/c24-16-3-1-2-12(21(16)25)8-20-22(26)15-6-5-14(10-18(15)31-20)30-23(27)13-4-7-17-19(9-13)29-11-28-17/h1-10H,11H2. The first kappa shape index (κ1) is 19.5. The van der Waals surface area contributed by atoms with Crippen LogP contribution in [-0.4, -0.2) is 18.5 Å². The maximum Gasteiger partial charge on any atom is 0.343 e. The van der Waals surface area contributed by atoms with Crippen LogP contribution in [0, 0.1) is 0 Å². The second-order valence-corrected chi connectivity index (χ2v) is 7.48. The maximum absolute atomic E-state index is 12.7. The fourth-order valence-corrected chi connectivity index (χ4v) is 3.56. The third kappa shape index (κ3) is 3.60. The van der Waals surface area contributed by atoms with Crippen LogP contribution in [0.4, 0.5) is 0 Å². The smallest absolute Gasteiger partial charge is 0.343 e. The molecule has 2 aliphatic heterocycles. The molecule has 0 fully saturated rings. The molecule has 2 heterocycles. The van der Waals surface area contributed by atoms with E-state index in [9.17, 15) is 9.59 Å². The molecule has 0 amide bonds. The number of esters is 1. The molecule has 2 aliphatic rings. The van der Waals surface area contributed by atoms with Gasteiger partial charge in [-0.3, -0.25) is 4.79 Å². The van der Waals surface area contributed by atoms with Gasteiger partial charge >= 0.3 is 5.97 Å². The molecule has 31 heavy (non-hydrogen) atoms. The lowest BCUT2D eigenvalue weighted by Crippen LogP contribution is -2.08. The molecule has 6 nitrogen and oxygen atoms in total. The molecule has 154 valence electrons. The van der Waals surface area contributed by atoms with E-state index < -0.39 is 5.97 Å². The Bertz CT molecular complexity index is 1280. The molecule has 3 aromatic rings. The van der Waals surface area contributed by atoms with E-state index in [1.807, 2.05) is 0 Å². The quantitative estimate of drug-likeness (QED) is 0.293. The van der Waals surface area contributed by atoms with Gasteiger partial charge in [0.05, 0.1) is 21.2 Å². The van der Waals surface area contributed by atoms with Gasteiger partial charge in [0, 0.05) is 6.07 Å². The molecular weight excluding hydrogens is 443 g/mol. The molecule has 0 saturated heterocycles. The van der Waals surface area contributed by atoms with Gasteiger partial charge in [-0.1, -0.05) is 35.3 Å². The molecule has 0 radical (unpaired) electrons.